The van der Waals surface area contributed by atoms with E-state index >= 15 is 0 Å². The average molecular weight is 434 g/mol. The van der Waals surface area contributed by atoms with Crippen LogP contribution in [0.3, 0.4) is 0 Å². The number of fused-ring (bicyclic) bond motifs is 1. The summed E-state index contributed by atoms with van der Waals surface area (Å²) in [5, 5.41) is 3.22. The van der Waals surface area contributed by atoms with E-state index < -0.39 is 21.4 Å². The second-order valence-electron chi connectivity index (χ2n) is 8.18. The molecule has 1 heterocycles. The van der Waals surface area contributed by atoms with Gasteiger partial charge in [-0.15, -0.1) is 0 Å². The third-order valence-electron chi connectivity index (χ3n) is 6.10. The normalized spacial score (nSPS) is 19.9. The van der Waals surface area contributed by atoms with Crippen LogP contribution in [0.4, 0.5) is 0 Å². The van der Waals surface area contributed by atoms with Crippen LogP contribution in [0.5, 0.6) is 0 Å². The van der Waals surface area contributed by atoms with Crippen molar-refractivity contribution in [3.63, 3.8) is 0 Å². The van der Waals surface area contributed by atoms with Crippen LogP contribution < -0.4 is 10.7 Å². The predicted molar refractivity (Wildman–Crippen MR) is 118 cm³/mol. The Hall–Kier alpha value is -2.19. The van der Waals surface area contributed by atoms with Crippen molar-refractivity contribution >= 4 is 26.8 Å². The number of hydrogen-bond acceptors (Lipinski definition) is 4. The van der Waals surface area contributed by atoms with E-state index in [0.29, 0.717) is 24.5 Å². The van der Waals surface area contributed by atoms with E-state index in [0.717, 1.165) is 25.7 Å². The Bertz CT molecular complexity index is 1100. The van der Waals surface area contributed by atoms with Crippen LogP contribution in [0.2, 0.25) is 0 Å². The van der Waals surface area contributed by atoms with E-state index in [1.165, 1.54) is 22.6 Å². The number of carbonyl (C=O) groups excluding carboxylic acids is 1. The highest BCUT2D eigenvalue weighted by Crippen LogP contribution is 2.24. The molecule has 164 valence electrons. The van der Waals surface area contributed by atoms with Gasteiger partial charge in [0, 0.05) is 37.8 Å². The summed E-state index contributed by atoms with van der Waals surface area (Å²) in [5.74, 6) is 0.270. The molecular weight excluding hydrogens is 402 g/mol. The highest BCUT2D eigenvalue weighted by Gasteiger charge is 2.25. The summed E-state index contributed by atoms with van der Waals surface area (Å²) < 4.78 is 28.8. The first-order valence-electron chi connectivity index (χ1n) is 10.6. The fourth-order valence-electron chi connectivity index (χ4n) is 4.17. The van der Waals surface area contributed by atoms with Gasteiger partial charge in [0.15, 0.2) is 0 Å². The number of nitrogens with zero attached hydrogens (tertiary/aromatic N) is 2. The van der Waals surface area contributed by atoms with Gasteiger partial charge >= 0.3 is 0 Å². The van der Waals surface area contributed by atoms with Crippen LogP contribution >= 0.6 is 0 Å². The molecular formula is C22H31N3O4S. The van der Waals surface area contributed by atoms with Gasteiger partial charge in [-0.2, -0.15) is 4.31 Å². The lowest BCUT2D eigenvalue weighted by molar-refractivity contribution is 0.0921. The molecule has 8 heteroatoms. The lowest BCUT2D eigenvalue weighted by atomic mass is 9.87. The molecule has 0 unspecified atom stereocenters. The Balaban J connectivity index is 2.00. The minimum Gasteiger partial charge on any atom is -0.350 e. The standard InChI is InChI=1S/C22H31N3O4S/c1-5-25(6-2)30(28,29)17-11-12-20-18(13-17)21(26)19(14-24(20)4)22(27)23-16-9-7-15(3)8-10-16/h11-16H,5-10H2,1-4H3,(H,23,27). The summed E-state index contributed by atoms with van der Waals surface area (Å²) in [4.78, 5) is 26.0. The van der Waals surface area contributed by atoms with Crippen molar-refractivity contribution in [2.75, 3.05) is 13.1 Å². The van der Waals surface area contributed by atoms with Crippen molar-refractivity contribution < 1.29 is 13.2 Å². The van der Waals surface area contributed by atoms with Crippen LogP contribution in [-0.4, -0.2) is 42.3 Å². The molecule has 0 saturated heterocycles. The van der Waals surface area contributed by atoms with Crippen molar-refractivity contribution in [3.8, 4) is 0 Å². The summed E-state index contributed by atoms with van der Waals surface area (Å²) in [6.45, 7) is 6.45. The molecule has 1 aliphatic carbocycles. The van der Waals surface area contributed by atoms with Crippen molar-refractivity contribution in [3.05, 3.63) is 40.2 Å². The Morgan fingerprint density at radius 1 is 1.17 bits per heavy atom. The molecule has 1 aromatic heterocycles. The summed E-state index contributed by atoms with van der Waals surface area (Å²) in [7, 11) is -1.95. The van der Waals surface area contributed by atoms with E-state index in [2.05, 4.69) is 12.2 Å². The minimum absolute atomic E-state index is 0.0426. The number of sulfonamides is 1. The quantitative estimate of drug-likeness (QED) is 0.759. The Kier molecular flexibility index (Phi) is 6.67. The van der Waals surface area contributed by atoms with Gasteiger partial charge in [-0.05, 0) is 49.8 Å². The maximum absolute atomic E-state index is 13.1. The van der Waals surface area contributed by atoms with Gasteiger partial charge in [0.05, 0.1) is 10.4 Å². The number of rotatable bonds is 6. The summed E-state index contributed by atoms with van der Waals surface area (Å²) >= 11 is 0. The molecule has 1 aromatic carbocycles. The van der Waals surface area contributed by atoms with Crippen molar-refractivity contribution in [1.82, 2.24) is 14.2 Å². The Morgan fingerprint density at radius 2 is 1.80 bits per heavy atom. The zero-order valence-electron chi connectivity index (χ0n) is 18.1. The van der Waals surface area contributed by atoms with Gasteiger partial charge in [-0.25, -0.2) is 8.42 Å². The molecule has 0 aliphatic heterocycles. The first-order valence-corrected chi connectivity index (χ1v) is 12.1. The molecule has 3 rings (SSSR count). The maximum atomic E-state index is 13.1. The first kappa shape index (κ1) is 22.5. The summed E-state index contributed by atoms with van der Waals surface area (Å²) in [6, 6.07) is 4.60. The Labute approximate surface area is 178 Å². The third-order valence-corrected chi connectivity index (χ3v) is 8.14. The van der Waals surface area contributed by atoms with Gasteiger partial charge in [-0.3, -0.25) is 9.59 Å². The van der Waals surface area contributed by atoms with E-state index in [1.807, 2.05) is 0 Å². The summed E-state index contributed by atoms with van der Waals surface area (Å²) in [6.07, 6.45) is 5.48. The molecule has 0 radical (unpaired) electrons. The lowest BCUT2D eigenvalue weighted by Crippen LogP contribution is -2.39. The van der Waals surface area contributed by atoms with Crippen molar-refractivity contribution in [1.29, 1.82) is 0 Å². The smallest absolute Gasteiger partial charge is 0.256 e. The highest BCUT2D eigenvalue weighted by molar-refractivity contribution is 7.89. The van der Waals surface area contributed by atoms with Gasteiger partial charge < -0.3 is 9.88 Å². The predicted octanol–water partition coefficient (Wildman–Crippen LogP) is 2.88. The van der Waals surface area contributed by atoms with Crippen LogP contribution in [0.1, 0.15) is 56.8 Å². The molecule has 30 heavy (non-hydrogen) atoms. The number of aromatic nitrogens is 1. The van der Waals surface area contributed by atoms with E-state index in [-0.39, 0.29) is 21.9 Å². The van der Waals surface area contributed by atoms with Crippen LogP contribution in [0.15, 0.2) is 34.1 Å². The minimum atomic E-state index is -3.70. The topological polar surface area (TPSA) is 88.5 Å². The lowest BCUT2D eigenvalue weighted by Gasteiger charge is -2.26. The summed E-state index contributed by atoms with van der Waals surface area (Å²) in [5.41, 5.74) is 0.184. The van der Waals surface area contributed by atoms with E-state index in [1.54, 1.807) is 31.5 Å². The molecule has 1 N–H and O–H groups in total. The molecule has 7 nitrogen and oxygen atoms in total. The largest absolute Gasteiger partial charge is 0.350 e. The molecule has 1 fully saturated rings. The zero-order valence-corrected chi connectivity index (χ0v) is 19.0. The molecule has 1 amide bonds. The molecule has 1 saturated carbocycles. The van der Waals surface area contributed by atoms with Crippen LogP contribution in [0, 0.1) is 5.92 Å². The first-order chi connectivity index (χ1) is 14.2. The van der Waals surface area contributed by atoms with Gasteiger partial charge in [-0.1, -0.05) is 20.8 Å². The number of aryl methyl sites for hydroxylation is 1. The third kappa shape index (κ3) is 4.30. The van der Waals surface area contributed by atoms with E-state index in [9.17, 15) is 18.0 Å². The number of amides is 1. The maximum Gasteiger partial charge on any atom is 0.256 e. The SMILES string of the molecule is CCN(CC)S(=O)(=O)c1ccc2c(c1)c(=O)c(C(=O)NC1CCC(C)CC1)cn2C. The fraction of sp³-hybridized carbons (Fsp3) is 0.545. The number of hydrogen-bond donors (Lipinski definition) is 1. The Morgan fingerprint density at radius 3 is 2.40 bits per heavy atom. The monoisotopic (exact) mass is 433 g/mol. The molecule has 2 aromatic rings. The second-order valence-corrected chi connectivity index (χ2v) is 10.1. The van der Waals surface area contributed by atoms with E-state index in [4.69, 9.17) is 0 Å². The molecule has 0 bridgehead atoms. The second kappa shape index (κ2) is 8.89. The van der Waals surface area contributed by atoms with Gasteiger partial charge in [0.2, 0.25) is 15.5 Å². The van der Waals surface area contributed by atoms with Crippen molar-refractivity contribution in [2.24, 2.45) is 13.0 Å². The van der Waals surface area contributed by atoms with Crippen molar-refractivity contribution in [2.45, 2.75) is 57.4 Å². The number of benzene rings is 1. The average Bonchev–Trinajstić information content (AvgIpc) is 2.72. The number of carbonyl (C=O) groups is 1. The number of nitrogens with one attached hydrogen (secondary N) is 1. The fourth-order valence-corrected chi connectivity index (χ4v) is 5.66. The van der Waals surface area contributed by atoms with Crippen LogP contribution in [-0.2, 0) is 17.1 Å². The molecule has 0 spiro atoms. The number of pyridine rings is 1. The van der Waals surface area contributed by atoms with Crippen LogP contribution in [0.25, 0.3) is 10.9 Å². The van der Waals surface area contributed by atoms with Gasteiger partial charge in [0.1, 0.15) is 5.56 Å². The molecule has 1 aliphatic rings. The molecule has 0 atom stereocenters. The van der Waals surface area contributed by atoms with Gasteiger partial charge in [0.25, 0.3) is 5.91 Å². The highest BCUT2D eigenvalue weighted by atomic mass is 32.2. The zero-order chi connectivity index (χ0) is 22.1.